The van der Waals surface area contributed by atoms with Gasteiger partial charge in [0.2, 0.25) is 0 Å². The maximum Gasteiger partial charge on any atom is 0.161 e. The Morgan fingerprint density at radius 3 is 2.33 bits per heavy atom. The van der Waals surface area contributed by atoms with Gasteiger partial charge in [-0.2, -0.15) is 5.10 Å². The average molecular weight is 245 g/mol. The summed E-state index contributed by atoms with van der Waals surface area (Å²) in [6, 6.07) is 10.3. The number of hydrogen-bond donors (Lipinski definition) is 2. The van der Waals surface area contributed by atoms with E-state index in [1.165, 1.54) is 5.56 Å². The van der Waals surface area contributed by atoms with E-state index in [4.69, 9.17) is 5.11 Å². The predicted molar refractivity (Wildman–Crippen MR) is 70.1 cm³/mol. The van der Waals surface area contributed by atoms with Gasteiger partial charge in [-0.3, -0.25) is 5.10 Å². The standard InChI is InChI=1S/C14H19N3O/c1-3-14(4-2,11-8-6-5-7-9-11)13-15-12(10-18)16-17-13/h5-9,18H,3-4,10H2,1-2H3,(H,15,16,17). The van der Waals surface area contributed by atoms with Gasteiger partial charge in [0.05, 0.1) is 5.41 Å². The fraction of sp³-hybridized carbons (Fsp3) is 0.429. The highest BCUT2D eigenvalue weighted by molar-refractivity contribution is 5.32. The summed E-state index contributed by atoms with van der Waals surface area (Å²) in [6.45, 7) is 4.18. The van der Waals surface area contributed by atoms with E-state index in [-0.39, 0.29) is 12.0 Å². The van der Waals surface area contributed by atoms with Gasteiger partial charge in [0.15, 0.2) is 5.82 Å². The van der Waals surface area contributed by atoms with Crippen molar-refractivity contribution in [3.8, 4) is 0 Å². The summed E-state index contributed by atoms with van der Waals surface area (Å²) in [5.74, 6) is 1.29. The Labute approximate surface area is 107 Å². The largest absolute Gasteiger partial charge is 0.388 e. The van der Waals surface area contributed by atoms with Crippen molar-refractivity contribution in [2.45, 2.75) is 38.7 Å². The van der Waals surface area contributed by atoms with Crippen LogP contribution in [0.3, 0.4) is 0 Å². The summed E-state index contributed by atoms with van der Waals surface area (Å²) in [5, 5.41) is 16.2. The van der Waals surface area contributed by atoms with Gasteiger partial charge in [0.1, 0.15) is 12.4 Å². The molecule has 4 nitrogen and oxygen atoms in total. The maximum atomic E-state index is 9.10. The number of aromatic amines is 1. The van der Waals surface area contributed by atoms with E-state index in [1.807, 2.05) is 18.2 Å². The third-order valence-corrected chi connectivity index (χ3v) is 3.64. The second-order valence-electron chi connectivity index (χ2n) is 4.42. The van der Waals surface area contributed by atoms with Gasteiger partial charge in [-0.25, -0.2) is 4.98 Å². The molecule has 0 radical (unpaired) electrons. The zero-order valence-corrected chi connectivity index (χ0v) is 10.8. The van der Waals surface area contributed by atoms with E-state index < -0.39 is 0 Å². The summed E-state index contributed by atoms with van der Waals surface area (Å²) < 4.78 is 0. The second kappa shape index (κ2) is 5.31. The molecule has 18 heavy (non-hydrogen) atoms. The lowest BCUT2D eigenvalue weighted by Gasteiger charge is -2.29. The molecule has 1 heterocycles. The third-order valence-electron chi connectivity index (χ3n) is 3.64. The minimum Gasteiger partial charge on any atom is -0.388 e. The van der Waals surface area contributed by atoms with Crippen LogP contribution >= 0.6 is 0 Å². The molecule has 0 saturated heterocycles. The molecule has 0 amide bonds. The molecule has 0 saturated carbocycles. The number of H-pyrrole nitrogens is 1. The normalized spacial score (nSPS) is 11.7. The van der Waals surface area contributed by atoms with Crippen LogP contribution in [0.4, 0.5) is 0 Å². The number of aliphatic hydroxyl groups is 1. The lowest BCUT2D eigenvalue weighted by atomic mass is 9.75. The Kier molecular flexibility index (Phi) is 3.77. The van der Waals surface area contributed by atoms with Crippen LogP contribution in [0, 0.1) is 0 Å². The minimum absolute atomic E-state index is 0.106. The van der Waals surface area contributed by atoms with Crippen molar-refractivity contribution in [1.29, 1.82) is 0 Å². The van der Waals surface area contributed by atoms with Gasteiger partial charge < -0.3 is 5.11 Å². The number of hydrogen-bond acceptors (Lipinski definition) is 3. The summed E-state index contributed by atoms with van der Waals surface area (Å²) in [7, 11) is 0. The first-order valence-corrected chi connectivity index (χ1v) is 6.35. The van der Waals surface area contributed by atoms with Gasteiger partial charge in [-0.15, -0.1) is 0 Å². The summed E-state index contributed by atoms with van der Waals surface area (Å²) >= 11 is 0. The highest BCUT2D eigenvalue weighted by Gasteiger charge is 2.34. The molecule has 0 unspecified atom stereocenters. The van der Waals surface area contributed by atoms with E-state index >= 15 is 0 Å². The van der Waals surface area contributed by atoms with Crippen molar-refractivity contribution in [2.75, 3.05) is 0 Å². The summed E-state index contributed by atoms with van der Waals surface area (Å²) in [5.41, 5.74) is 1.05. The number of aromatic nitrogens is 3. The maximum absolute atomic E-state index is 9.10. The highest BCUT2D eigenvalue weighted by atomic mass is 16.3. The summed E-state index contributed by atoms with van der Waals surface area (Å²) in [6.07, 6.45) is 1.85. The zero-order valence-electron chi connectivity index (χ0n) is 10.8. The molecule has 96 valence electrons. The monoisotopic (exact) mass is 245 g/mol. The van der Waals surface area contributed by atoms with Crippen molar-refractivity contribution in [3.63, 3.8) is 0 Å². The molecule has 4 heteroatoms. The van der Waals surface area contributed by atoms with Crippen LogP contribution in [0.1, 0.15) is 43.9 Å². The van der Waals surface area contributed by atoms with Crippen LogP contribution < -0.4 is 0 Å². The van der Waals surface area contributed by atoms with Crippen LogP contribution in [-0.2, 0) is 12.0 Å². The third kappa shape index (κ3) is 2.04. The molecule has 2 N–H and O–H groups in total. The Morgan fingerprint density at radius 1 is 1.17 bits per heavy atom. The van der Waals surface area contributed by atoms with E-state index in [0.29, 0.717) is 5.82 Å². The molecule has 0 spiro atoms. The molecule has 0 aliphatic rings. The van der Waals surface area contributed by atoms with Crippen LogP contribution in [-0.4, -0.2) is 20.3 Å². The second-order valence-corrected chi connectivity index (χ2v) is 4.42. The van der Waals surface area contributed by atoms with E-state index in [1.54, 1.807) is 0 Å². The molecule has 2 rings (SSSR count). The molecule has 0 aliphatic carbocycles. The Balaban J connectivity index is 2.50. The van der Waals surface area contributed by atoms with E-state index in [9.17, 15) is 0 Å². The Bertz CT molecular complexity index is 489. The first-order chi connectivity index (χ1) is 8.76. The predicted octanol–water partition coefficient (Wildman–Crippen LogP) is 2.40. The molecule has 0 bridgehead atoms. The first kappa shape index (κ1) is 12.8. The minimum atomic E-state index is -0.175. The van der Waals surface area contributed by atoms with Crippen LogP contribution in [0.15, 0.2) is 30.3 Å². The quantitative estimate of drug-likeness (QED) is 0.850. The molecule has 0 fully saturated rings. The van der Waals surface area contributed by atoms with Gasteiger partial charge in [0.25, 0.3) is 0 Å². The van der Waals surface area contributed by atoms with Crippen molar-refractivity contribution in [1.82, 2.24) is 15.2 Å². The lowest BCUT2D eigenvalue weighted by Crippen LogP contribution is -2.27. The smallest absolute Gasteiger partial charge is 0.161 e. The molecule has 1 aromatic heterocycles. The Morgan fingerprint density at radius 2 is 1.83 bits per heavy atom. The molecule has 0 aliphatic heterocycles. The van der Waals surface area contributed by atoms with Crippen molar-refractivity contribution >= 4 is 0 Å². The molecular formula is C14H19N3O. The molecular weight excluding hydrogens is 226 g/mol. The lowest BCUT2D eigenvalue weighted by molar-refractivity contribution is 0.271. The van der Waals surface area contributed by atoms with Gasteiger partial charge in [-0.1, -0.05) is 44.2 Å². The number of benzene rings is 1. The van der Waals surface area contributed by atoms with Crippen LogP contribution in [0.25, 0.3) is 0 Å². The number of aliphatic hydroxyl groups excluding tert-OH is 1. The van der Waals surface area contributed by atoms with Crippen molar-refractivity contribution < 1.29 is 5.11 Å². The zero-order chi connectivity index (χ0) is 13.0. The molecule has 2 aromatic rings. The topological polar surface area (TPSA) is 61.8 Å². The van der Waals surface area contributed by atoms with Gasteiger partial charge in [-0.05, 0) is 18.4 Å². The summed E-state index contributed by atoms with van der Waals surface area (Å²) in [4.78, 5) is 4.40. The number of nitrogens with one attached hydrogen (secondary N) is 1. The van der Waals surface area contributed by atoms with Crippen LogP contribution in [0.5, 0.6) is 0 Å². The highest BCUT2D eigenvalue weighted by Crippen LogP contribution is 2.36. The average Bonchev–Trinajstić information content (AvgIpc) is 2.91. The molecule has 0 atom stereocenters. The van der Waals surface area contributed by atoms with Crippen LogP contribution in [0.2, 0.25) is 0 Å². The van der Waals surface area contributed by atoms with E-state index in [2.05, 4.69) is 41.2 Å². The van der Waals surface area contributed by atoms with E-state index in [0.717, 1.165) is 18.7 Å². The Hall–Kier alpha value is -1.68. The first-order valence-electron chi connectivity index (χ1n) is 6.35. The van der Waals surface area contributed by atoms with Gasteiger partial charge >= 0.3 is 0 Å². The number of nitrogens with zero attached hydrogens (tertiary/aromatic N) is 2. The van der Waals surface area contributed by atoms with Crippen molar-refractivity contribution in [3.05, 3.63) is 47.5 Å². The fourth-order valence-electron chi connectivity index (χ4n) is 2.44. The van der Waals surface area contributed by atoms with Gasteiger partial charge in [0, 0.05) is 0 Å². The SMILES string of the molecule is CCC(CC)(c1ccccc1)c1n[nH]c(CO)n1. The molecule has 1 aromatic carbocycles. The fourth-order valence-corrected chi connectivity index (χ4v) is 2.44. The number of rotatable bonds is 5. The van der Waals surface area contributed by atoms with Crippen molar-refractivity contribution in [2.24, 2.45) is 0 Å².